The molecule has 0 atom stereocenters. The van der Waals surface area contributed by atoms with Crippen molar-refractivity contribution in [1.82, 2.24) is 4.98 Å². The van der Waals surface area contributed by atoms with E-state index >= 15 is 0 Å². The summed E-state index contributed by atoms with van der Waals surface area (Å²) in [4.78, 5) is 15.1. The highest BCUT2D eigenvalue weighted by molar-refractivity contribution is 8.24. The molecule has 1 aromatic carbocycles. The van der Waals surface area contributed by atoms with Crippen molar-refractivity contribution in [2.75, 3.05) is 11.5 Å². The quantitative estimate of drug-likeness (QED) is 0.562. The number of carbonyl (C=O) groups excluding carboxylic acids is 1. The van der Waals surface area contributed by atoms with Crippen LogP contribution < -0.4 is 5.73 Å². The van der Waals surface area contributed by atoms with Gasteiger partial charge in [-0.3, -0.25) is 13.9 Å². The van der Waals surface area contributed by atoms with E-state index in [-0.39, 0.29) is 5.92 Å². The summed E-state index contributed by atoms with van der Waals surface area (Å²) in [6.45, 7) is 0. The van der Waals surface area contributed by atoms with Crippen LogP contribution in [0.5, 0.6) is 0 Å². The van der Waals surface area contributed by atoms with Gasteiger partial charge in [-0.15, -0.1) is 0 Å². The van der Waals surface area contributed by atoms with E-state index in [1.807, 2.05) is 18.3 Å². The van der Waals surface area contributed by atoms with Gasteiger partial charge in [0.05, 0.1) is 17.3 Å². The zero-order valence-corrected chi connectivity index (χ0v) is 14.4. The number of H-pyrrole nitrogens is 1. The van der Waals surface area contributed by atoms with Gasteiger partial charge in [-0.25, -0.2) is 0 Å². The van der Waals surface area contributed by atoms with Crippen molar-refractivity contribution < 1.29 is 18.3 Å². The molecule has 5 N–H and O–H groups in total. The van der Waals surface area contributed by atoms with Crippen molar-refractivity contribution in [3.63, 3.8) is 0 Å². The molecule has 132 valence electrons. The largest absolute Gasteiger partial charge is 0.464 e. The summed E-state index contributed by atoms with van der Waals surface area (Å²) in [5.74, 6) is 1.25. The molecule has 25 heavy (non-hydrogen) atoms. The topological polar surface area (TPSA) is 112 Å². The Bertz CT molecular complexity index is 920. The average Bonchev–Trinajstić information content (AvgIpc) is 3.23. The standard InChI is InChI=1S/C18H20N2O4S/c19-18(21)14-9-12(16-2-1-5-24-16)8-13-15(10-20-17(13)14)11-3-6-25(22,23)7-4-11/h1-2,5,8-11,20,22-23H,3-4,6-7H2,(H2,19,21). The molecule has 7 heteroatoms. The first-order chi connectivity index (χ1) is 11.9. The Labute approximate surface area is 146 Å². The molecule has 0 spiro atoms. The van der Waals surface area contributed by atoms with Gasteiger partial charge in [-0.1, -0.05) is 0 Å². The van der Waals surface area contributed by atoms with Crippen molar-refractivity contribution in [1.29, 1.82) is 0 Å². The number of hydrogen-bond donors (Lipinski definition) is 4. The van der Waals surface area contributed by atoms with Crippen LogP contribution in [0.4, 0.5) is 0 Å². The molecule has 1 fully saturated rings. The van der Waals surface area contributed by atoms with E-state index in [0.717, 1.165) is 22.0 Å². The summed E-state index contributed by atoms with van der Waals surface area (Å²) in [6.07, 6.45) is 4.93. The Hall–Kier alpha value is -2.22. The first-order valence-corrected chi connectivity index (χ1v) is 10.1. The fourth-order valence-corrected chi connectivity index (χ4v) is 5.12. The predicted molar refractivity (Wildman–Crippen MR) is 99.1 cm³/mol. The zero-order valence-electron chi connectivity index (χ0n) is 13.6. The van der Waals surface area contributed by atoms with E-state index in [1.54, 1.807) is 18.4 Å². The van der Waals surface area contributed by atoms with Crippen LogP contribution in [0, 0.1) is 0 Å². The second kappa shape index (κ2) is 5.94. The second-order valence-corrected chi connectivity index (χ2v) is 8.94. The van der Waals surface area contributed by atoms with Crippen LogP contribution >= 0.6 is 10.6 Å². The van der Waals surface area contributed by atoms with E-state index in [9.17, 15) is 13.9 Å². The smallest absolute Gasteiger partial charge is 0.250 e. The van der Waals surface area contributed by atoms with Crippen molar-refractivity contribution in [3.8, 4) is 11.3 Å². The van der Waals surface area contributed by atoms with Gasteiger partial charge in [-0.2, -0.15) is 10.6 Å². The lowest BCUT2D eigenvalue weighted by Gasteiger charge is -2.39. The van der Waals surface area contributed by atoms with Crippen LogP contribution in [0.1, 0.15) is 34.7 Å². The lowest BCUT2D eigenvalue weighted by atomic mass is 9.91. The molecule has 6 nitrogen and oxygen atoms in total. The van der Waals surface area contributed by atoms with Crippen molar-refractivity contribution in [2.24, 2.45) is 5.73 Å². The number of amides is 1. The normalized spacial score (nSPS) is 19.1. The fraction of sp³-hybridized carbons (Fsp3) is 0.278. The summed E-state index contributed by atoms with van der Waals surface area (Å²) in [5, 5.41) is 0.936. The number of furan rings is 1. The maximum atomic E-state index is 11.9. The molecule has 2 aromatic heterocycles. The lowest BCUT2D eigenvalue weighted by Crippen LogP contribution is -2.19. The van der Waals surface area contributed by atoms with Crippen LogP contribution in [0.3, 0.4) is 0 Å². The molecule has 0 aliphatic carbocycles. The third-order valence-corrected chi connectivity index (χ3v) is 6.70. The molecule has 3 heterocycles. The van der Waals surface area contributed by atoms with Gasteiger partial charge in [0.1, 0.15) is 5.76 Å². The van der Waals surface area contributed by atoms with Gasteiger partial charge in [0.25, 0.3) is 5.91 Å². The van der Waals surface area contributed by atoms with E-state index in [2.05, 4.69) is 4.98 Å². The number of nitrogens with one attached hydrogen (secondary N) is 1. The third-order valence-electron chi connectivity index (χ3n) is 4.92. The highest BCUT2D eigenvalue weighted by Crippen LogP contribution is 2.49. The Kier molecular flexibility index (Phi) is 3.87. The van der Waals surface area contributed by atoms with Gasteiger partial charge in [0.2, 0.25) is 0 Å². The highest BCUT2D eigenvalue weighted by Gasteiger charge is 2.27. The Morgan fingerprint density at radius 3 is 2.68 bits per heavy atom. The third kappa shape index (κ3) is 2.95. The minimum absolute atomic E-state index is 0.223. The minimum atomic E-state index is -2.42. The van der Waals surface area contributed by atoms with Crippen LogP contribution in [0.15, 0.2) is 41.1 Å². The number of fused-ring (bicyclic) bond motifs is 1. The molecule has 0 unspecified atom stereocenters. The van der Waals surface area contributed by atoms with Gasteiger partial charge in [-0.05, 0) is 48.6 Å². The SMILES string of the molecule is NC(=O)c1cc(-c2ccco2)cc2c(C3CCS(O)(O)CC3)c[nH]c12. The summed E-state index contributed by atoms with van der Waals surface area (Å²) in [7, 11) is -2.42. The zero-order chi connectivity index (χ0) is 17.6. The molecule has 1 aliphatic rings. The Morgan fingerprint density at radius 2 is 2.04 bits per heavy atom. The van der Waals surface area contributed by atoms with Gasteiger partial charge >= 0.3 is 0 Å². The molecule has 4 rings (SSSR count). The molecule has 1 aliphatic heterocycles. The molecule has 1 amide bonds. The van der Waals surface area contributed by atoms with E-state index in [1.165, 1.54) is 0 Å². The maximum Gasteiger partial charge on any atom is 0.250 e. The number of nitrogens with two attached hydrogens (primary N) is 1. The van der Waals surface area contributed by atoms with E-state index in [0.29, 0.717) is 35.7 Å². The number of benzene rings is 1. The Morgan fingerprint density at radius 1 is 1.28 bits per heavy atom. The number of carbonyl (C=O) groups is 1. The summed E-state index contributed by atoms with van der Waals surface area (Å²) in [6, 6.07) is 7.38. The maximum absolute atomic E-state index is 11.9. The highest BCUT2D eigenvalue weighted by atomic mass is 32.3. The molecular formula is C18H20N2O4S. The summed E-state index contributed by atoms with van der Waals surface area (Å²) < 4.78 is 25.2. The average molecular weight is 360 g/mol. The first kappa shape index (κ1) is 16.3. The number of aromatic amines is 1. The fourth-order valence-electron chi connectivity index (χ4n) is 3.59. The molecule has 0 saturated carbocycles. The summed E-state index contributed by atoms with van der Waals surface area (Å²) in [5.41, 5.74) is 8.60. The molecule has 1 saturated heterocycles. The monoisotopic (exact) mass is 360 g/mol. The van der Waals surface area contributed by atoms with Gasteiger partial charge in [0.15, 0.2) is 0 Å². The van der Waals surface area contributed by atoms with Crippen LogP contribution in [-0.2, 0) is 0 Å². The number of primary amides is 1. The predicted octanol–water partition coefficient (Wildman–Crippen LogP) is 4.15. The Balaban J connectivity index is 1.83. The minimum Gasteiger partial charge on any atom is -0.464 e. The van der Waals surface area contributed by atoms with E-state index < -0.39 is 16.5 Å². The first-order valence-electron chi connectivity index (χ1n) is 8.17. The van der Waals surface area contributed by atoms with Crippen molar-refractivity contribution in [2.45, 2.75) is 18.8 Å². The van der Waals surface area contributed by atoms with Crippen LogP contribution in [-0.4, -0.2) is 31.5 Å². The second-order valence-electron chi connectivity index (χ2n) is 6.52. The molecule has 0 bridgehead atoms. The van der Waals surface area contributed by atoms with E-state index in [4.69, 9.17) is 10.2 Å². The van der Waals surface area contributed by atoms with Gasteiger partial charge in [0, 0.05) is 28.7 Å². The number of hydrogen-bond acceptors (Lipinski definition) is 4. The van der Waals surface area contributed by atoms with Gasteiger partial charge < -0.3 is 15.1 Å². The molecule has 3 aromatic rings. The summed E-state index contributed by atoms with van der Waals surface area (Å²) >= 11 is 0. The van der Waals surface area contributed by atoms with Crippen molar-refractivity contribution in [3.05, 3.63) is 47.9 Å². The lowest BCUT2D eigenvalue weighted by molar-refractivity contribution is 0.100. The van der Waals surface area contributed by atoms with Crippen molar-refractivity contribution >= 4 is 27.4 Å². The van der Waals surface area contributed by atoms with Crippen LogP contribution in [0.25, 0.3) is 22.2 Å². The van der Waals surface area contributed by atoms with Crippen LogP contribution in [0.2, 0.25) is 0 Å². The molecule has 0 radical (unpaired) electrons. The number of aromatic nitrogens is 1. The number of rotatable bonds is 3. The molecular weight excluding hydrogens is 340 g/mol.